The number of aromatic carboxylic acids is 1. The molecule has 0 aliphatic heterocycles. The van der Waals surface area contributed by atoms with Crippen LogP contribution < -0.4 is 9.47 Å². The monoisotopic (exact) mass is 264 g/mol. The zero-order valence-electron chi connectivity index (χ0n) is 11.4. The average Bonchev–Trinajstić information content (AvgIpc) is 2.41. The number of carbonyl (C=O) groups is 1. The minimum atomic E-state index is -0.962. The minimum Gasteiger partial charge on any atom is -0.493 e. The van der Waals surface area contributed by atoms with Crippen LogP contribution in [-0.4, -0.2) is 24.3 Å². The molecule has 0 heterocycles. The molecule has 0 radical (unpaired) electrons. The summed E-state index contributed by atoms with van der Waals surface area (Å²) in [5.74, 6) is 0.929. The van der Waals surface area contributed by atoms with E-state index in [4.69, 9.17) is 14.6 Å². The van der Waals surface area contributed by atoms with Crippen LogP contribution >= 0.6 is 0 Å². The zero-order valence-corrected chi connectivity index (χ0v) is 11.4. The Morgan fingerprint density at radius 2 is 1.89 bits per heavy atom. The van der Waals surface area contributed by atoms with Crippen LogP contribution in [0.15, 0.2) is 18.2 Å². The summed E-state index contributed by atoms with van der Waals surface area (Å²) in [4.78, 5) is 10.9. The highest BCUT2D eigenvalue weighted by Gasteiger charge is 2.21. The van der Waals surface area contributed by atoms with Gasteiger partial charge in [-0.3, -0.25) is 0 Å². The molecule has 1 saturated carbocycles. The molecule has 4 nitrogen and oxygen atoms in total. The highest BCUT2D eigenvalue weighted by molar-refractivity contribution is 5.88. The number of methoxy groups -OCH3 is 1. The SMILES string of the molecule is COc1cc(C(=O)O)ccc1OC1CCC(C)CC1. The van der Waals surface area contributed by atoms with Gasteiger partial charge in [-0.25, -0.2) is 4.79 Å². The van der Waals surface area contributed by atoms with Crippen LogP contribution in [0.4, 0.5) is 0 Å². The third-order valence-electron chi connectivity index (χ3n) is 3.67. The fraction of sp³-hybridized carbons (Fsp3) is 0.533. The average molecular weight is 264 g/mol. The number of hydrogen-bond donors (Lipinski definition) is 1. The van der Waals surface area contributed by atoms with Gasteiger partial charge in [0, 0.05) is 0 Å². The van der Waals surface area contributed by atoms with E-state index < -0.39 is 5.97 Å². The van der Waals surface area contributed by atoms with Crippen molar-refractivity contribution in [2.45, 2.75) is 38.7 Å². The van der Waals surface area contributed by atoms with Crippen molar-refractivity contribution in [3.8, 4) is 11.5 Å². The second-order valence-electron chi connectivity index (χ2n) is 5.17. The molecule has 2 rings (SSSR count). The van der Waals surface area contributed by atoms with Crippen molar-refractivity contribution in [3.05, 3.63) is 23.8 Å². The van der Waals surface area contributed by atoms with E-state index in [2.05, 4.69) is 6.92 Å². The van der Waals surface area contributed by atoms with E-state index in [0.29, 0.717) is 11.5 Å². The van der Waals surface area contributed by atoms with Gasteiger partial charge in [-0.05, 0) is 49.8 Å². The zero-order chi connectivity index (χ0) is 13.8. The molecular weight excluding hydrogens is 244 g/mol. The van der Waals surface area contributed by atoms with E-state index in [1.165, 1.54) is 26.0 Å². The molecule has 4 heteroatoms. The lowest BCUT2D eigenvalue weighted by molar-refractivity contribution is 0.0696. The number of benzene rings is 1. The van der Waals surface area contributed by atoms with Crippen LogP contribution in [0.2, 0.25) is 0 Å². The van der Waals surface area contributed by atoms with Gasteiger partial charge >= 0.3 is 5.97 Å². The molecule has 1 N–H and O–H groups in total. The Bertz CT molecular complexity index is 447. The Kier molecular flexibility index (Phi) is 4.30. The fourth-order valence-electron chi connectivity index (χ4n) is 2.42. The highest BCUT2D eigenvalue weighted by Crippen LogP contribution is 2.33. The largest absolute Gasteiger partial charge is 0.493 e. The van der Waals surface area contributed by atoms with Crippen molar-refractivity contribution in [1.29, 1.82) is 0 Å². The molecule has 1 aliphatic rings. The summed E-state index contributed by atoms with van der Waals surface area (Å²) < 4.78 is 11.2. The van der Waals surface area contributed by atoms with Gasteiger partial charge in [-0.15, -0.1) is 0 Å². The standard InChI is InChI=1S/C15H20O4/c1-10-3-6-12(7-4-10)19-13-8-5-11(15(16)17)9-14(13)18-2/h5,8-10,12H,3-4,6-7H2,1-2H3,(H,16,17). The van der Waals surface area contributed by atoms with Crippen LogP contribution in [0.5, 0.6) is 11.5 Å². The van der Waals surface area contributed by atoms with Crippen molar-refractivity contribution in [1.82, 2.24) is 0 Å². The molecule has 0 bridgehead atoms. The molecule has 0 unspecified atom stereocenters. The Morgan fingerprint density at radius 1 is 1.21 bits per heavy atom. The van der Waals surface area contributed by atoms with Gasteiger partial charge < -0.3 is 14.6 Å². The van der Waals surface area contributed by atoms with E-state index in [1.54, 1.807) is 12.1 Å². The maximum absolute atomic E-state index is 10.9. The van der Waals surface area contributed by atoms with Crippen LogP contribution in [-0.2, 0) is 0 Å². The quantitative estimate of drug-likeness (QED) is 0.906. The first-order valence-corrected chi connectivity index (χ1v) is 6.68. The van der Waals surface area contributed by atoms with Crippen LogP contribution in [0.3, 0.4) is 0 Å². The number of hydrogen-bond acceptors (Lipinski definition) is 3. The Hall–Kier alpha value is -1.71. The molecule has 0 atom stereocenters. The van der Waals surface area contributed by atoms with Gasteiger partial charge in [0.2, 0.25) is 0 Å². The summed E-state index contributed by atoms with van der Waals surface area (Å²) in [5.41, 5.74) is 0.210. The molecule has 0 aromatic heterocycles. The van der Waals surface area contributed by atoms with Crippen molar-refractivity contribution in [2.75, 3.05) is 7.11 Å². The van der Waals surface area contributed by atoms with Crippen molar-refractivity contribution >= 4 is 5.97 Å². The summed E-state index contributed by atoms with van der Waals surface area (Å²) in [6, 6.07) is 4.73. The second-order valence-corrected chi connectivity index (χ2v) is 5.17. The summed E-state index contributed by atoms with van der Waals surface area (Å²) in [5, 5.41) is 8.95. The number of carboxylic acids is 1. The topological polar surface area (TPSA) is 55.8 Å². The van der Waals surface area contributed by atoms with Crippen molar-refractivity contribution in [3.63, 3.8) is 0 Å². The summed E-state index contributed by atoms with van der Waals surface area (Å²) >= 11 is 0. The van der Waals surface area contributed by atoms with Crippen LogP contribution in [0, 0.1) is 5.92 Å². The van der Waals surface area contributed by atoms with Crippen molar-refractivity contribution < 1.29 is 19.4 Å². The van der Waals surface area contributed by atoms with Gasteiger partial charge in [0.15, 0.2) is 11.5 Å². The van der Waals surface area contributed by atoms with Gasteiger partial charge in [0.05, 0.1) is 18.8 Å². The van der Waals surface area contributed by atoms with Gasteiger partial charge in [-0.1, -0.05) is 6.92 Å². The van der Waals surface area contributed by atoms with E-state index in [0.717, 1.165) is 18.8 Å². The molecule has 0 saturated heterocycles. The predicted molar refractivity (Wildman–Crippen MR) is 72.0 cm³/mol. The van der Waals surface area contributed by atoms with E-state index in [-0.39, 0.29) is 11.7 Å². The Morgan fingerprint density at radius 3 is 2.47 bits per heavy atom. The van der Waals surface area contributed by atoms with E-state index in [9.17, 15) is 4.79 Å². The molecule has 1 aromatic carbocycles. The number of rotatable bonds is 4. The number of carboxylic acid groups (broad SMARTS) is 1. The Labute approximate surface area is 113 Å². The molecule has 1 aliphatic carbocycles. The first-order chi connectivity index (χ1) is 9.10. The molecule has 0 amide bonds. The first kappa shape index (κ1) is 13.7. The molecule has 0 spiro atoms. The molecule has 1 fully saturated rings. The molecular formula is C15H20O4. The maximum atomic E-state index is 10.9. The summed E-state index contributed by atoms with van der Waals surface area (Å²) in [6.07, 6.45) is 4.66. The highest BCUT2D eigenvalue weighted by atomic mass is 16.5. The molecule has 1 aromatic rings. The third-order valence-corrected chi connectivity index (χ3v) is 3.67. The lowest BCUT2D eigenvalue weighted by Gasteiger charge is -2.27. The van der Waals surface area contributed by atoms with E-state index >= 15 is 0 Å². The smallest absolute Gasteiger partial charge is 0.335 e. The molecule has 19 heavy (non-hydrogen) atoms. The predicted octanol–water partition coefficient (Wildman–Crippen LogP) is 3.35. The summed E-state index contributed by atoms with van der Waals surface area (Å²) in [6.45, 7) is 2.26. The third kappa shape index (κ3) is 3.40. The minimum absolute atomic E-state index is 0.209. The maximum Gasteiger partial charge on any atom is 0.335 e. The van der Waals surface area contributed by atoms with Gasteiger partial charge in [0.25, 0.3) is 0 Å². The fourth-order valence-corrected chi connectivity index (χ4v) is 2.42. The van der Waals surface area contributed by atoms with Gasteiger partial charge in [0.1, 0.15) is 0 Å². The summed E-state index contributed by atoms with van der Waals surface area (Å²) in [7, 11) is 1.52. The molecule has 104 valence electrons. The van der Waals surface area contributed by atoms with Crippen molar-refractivity contribution in [2.24, 2.45) is 5.92 Å². The lowest BCUT2D eigenvalue weighted by Crippen LogP contribution is -2.23. The van der Waals surface area contributed by atoms with Gasteiger partial charge in [-0.2, -0.15) is 0 Å². The second kappa shape index (κ2) is 5.95. The van der Waals surface area contributed by atoms with Crippen LogP contribution in [0.25, 0.3) is 0 Å². The number of ether oxygens (including phenoxy) is 2. The first-order valence-electron chi connectivity index (χ1n) is 6.68. The lowest BCUT2D eigenvalue weighted by atomic mass is 9.89. The van der Waals surface area contributed by atoms with E-state index in [1.807, 2.05) is 0 Å². The van der Waals surface area contributed by atoms with Crippen LogP contribution in [0.1, 0.15) is 43.0 Å². The Balaban J connectivity index is 2.09. The normalized spacial score (nSPS) is 22.8.